The molecule has 1 fully saturated rings. The SMILES string of the molecule is CC(C)CCOC(=O)C1CCC(C(=O)O)CC1C(=O)O. The molecule has 114 valence electrons. The van der Waals surface area contributed by atoms with Gasteiger partial charge in [-0.15, -0.1) is 0 Å². The number of hydrogen-bond donors (Lipinski definition) is 2. The second kappa shape index (κ2) is 7.26. The molecule has 2 N–H and O–H groups in total. The van der Waals surface area contributed by atoms with Gasteiger partial charge in [-0.25, -0.2) is 0 Å². The van der Waals surface area contributed by atoms with Crippen molar-refractivity contribution < 1.29 is 29.3 Å². The molecule has 0 aliphatic heterocycles. The Morgan fingerprint density at radius 3 is 2.25 bits per heavy atom. The van der Waals surface area contributed by atoms with E-state index in [-0.39, 0.29) is 19.4 Å². The number of carboxylic acids is 2. The molecule has 1 saturated carbocycles. The fraction of sp³-hybridized carbons (Fsp3) is 0.786. The summed E-state index contributed by atoms with van der Waals surface area (Å²) in [7, 11) is 0. The molecule has 0 aromatic heterocycles. The van der Waals surface area contributed by atoms with Crippen LogP contribution in [0.5, 0.6) is 0 Å². The van der Waals surface area contributed by atoms with Crippen molar-refractivity contribution in [2.75, 3.05) is 6.61 Å². The van der Waals surface area contributed by atoms with E-state index in [0.717, 1.165) is 6.42 Å². The summed E-state index contributed by atoms with van der Waals surface area (Å²) in [4.78, 5) is 34.1. The molecule has 1 rings (SSSR count). The van der Waals surface area contributed by atoms with Gasteiger partial charge in [-0.2, -0.15) is 0 Å². The van der Waals surface area contributed by atoms with Gasteiger partial charge >= 0.3 is 17.9 Å². The first-order valence-corrected chi connectivity index (χ1v) is 6.95. The minimum atomic E-state index is -1.12. The number of carboxylic acid groups (broad SMARTS) is 2. The van der Waals surface area contributed by atoms with Crippen LogP contribution in [-0.2, 0) is 19.1 Å². The second-order valence-corrected chi connectivity index (χ2v) is 5.75. The monoisotopic (exact) mass is 286 g/mol. The lowest BCUT2D eigenvalue weighted by Crippen LogP contribution is -2.38. The number of aliphatic carboxylic acids is 2. The van der Waals surface area contributed by atoms with Crippen molar-refractivity contribution in [3.63, 3.8) is 0 Å². The standard InChI is InChI=1S/C14H22O6/c1-8(2)5-6-20-14(19)10-4-3-9(12(15)16)7-11(10)13(17)18/h8-11H,3-7H2,1-2H3,(H,15,16)(H,17,18). The van der Waals surface area contributed by atoms with Crippen molar-refractivity contribution >= 4 is 17.9 Å². The molecule has 0 amide bonds. The third-order valence-corrected chi connectivity index (χ3v) is 3.76. The molecule has 6 nitrogen and oxygen atoms in total. The van der Waals surface area contributed by atoms with Crippen molar-refractivity contribution in [2.24, 2.45) is 23.7 Å². The number of esters is 1. The first-order chi connectivity index (χ1) is 9.32. The zero-order valence-corrected chi connectivity index (χ0v) is 11.9. The van der Waals surface area contributed by atoms with Crippen molar-refractivity contribution in [1.29, 1.82) is 0 Å². The molecule has 3 atom stereocenters. The Bertz CT molecular complexity index is 376. The summed E-state index contributed by atoms with van der Waals surface area (Å²) in [5.41, 5.74) is 0. The summed E-state index contributed by atoms with van der Waals surface area (Å²) >= 11 is 0. The molecule has 0 radical (unpaired) electrons. The van der Waals surface area contributed by atoms with Crippen LogP contribution in [0.15, 0.2) is 0 Å². The van der Waals surface area contributed by atoms with E-state index in [2.05, 4.69) is 0 Å². The van der Waals surface area contributed by atoms with Crippen LogP contribution in [0, 0.1) is 23.7 Å². The van der Waals surface area contributed by atoms with Crippen LogP contribution < -0.4 is 0 Å². The number of ether oxygens (including phenoxy) is 1. The lowest BCUT2D eigenvalue weighted by Gasteiger charge is -2.30. The summed E-state index contributed by atoms with van der Waals surface area (Å²) in [6.07, 6.45) is 1.31. The minimum absolute atomic E-state index is 0.00534. The number of carbonyl (C=O) groups excluding carboxylic acids is 1. The molecule has 0 heterocycles. The Balaban J connectivity index is 2.61. The molecule has 1 aliphatic carbocycles. The highest BCUT2D eigenvalue weighted by molar-refractivity contribution is 5.82. The summed E-state index contributed by atoms with van der Waals surface area (Å²) in [5.74, 6) is -4.60. The van der Waals surface area contributed by atoms with E-state index in [4.69, 9.17) is 9.84 Å². The topological polar surface area (TPSA) is 101 Å². The van der Waals surface area contributed by atoms with E-state index in [1.54, 1.807) is 0 Å². The van der Waals surface area contributed by atoms with E-state index < -0.39 is 35.7 Å². The van der Waals surface area contributed by atoms with Crippen molar-refractivity contribution in [2.45, 2.75) is 39.5 Å². The van der Waals surface area contributed by atoms with Gasteiger partial charge in [0.05, 0.1) is 24.4 Å². The Kier molecular flexibility index (Phi) is 5.98. The molecule has 0 saturated heterocycles. The van der Waals surface area contributed by atoms with E-state index in [0.29, 0.717) is 12.3 Å². The maximum absolute atomic E-state index is 11.9. The van der Waals surface area contributed by atoms with Crippen molar-refractivity contribution in [3.05, 3.63) is 0 Å². The highest BCUT2D eigenvalue weighted by Gasteiger charge is 2.42. The molecule has 0 aromatic carbocycles. The molecule has 0 spiro atoms. The van der Waals surface area contributed by atoms with Gasteiger partial charge in [-0.1, -0.05) is 13.8 Å². The zero-order chi connectivity index (χ0) is 15.3. The fourth-order valence-corrected chi connectivity index (χ4v) is 2.45. The predicted molar refractivity (Wildman–Crippen MR) is 70.0 cm³/mol. The van der Waals surface area contributed by atoms with Crippen LogP contribution in [-0.4, -0.2) is 34.7 Å². The molecule has 6 heteroatoms. The van der Waals surface area contributed by atoms with Crippen LogP contribution in [0.1, 0.15) is 39.5 Å². The first-order valence-electron chi connectivity index (χ1n) is 6.95. The smallest absolute Gasteiger partial charge is 0.309 e. The first kappa shape index (κ1) is 16.5. The molecular formula is C14H22O6. The third kappa shape index (κ3) is 4.51. The van der Waals surface area contributed by atoms with Gasteiger partial charge in [-0.05, 0) is 31.6 Å². The van der Waals surface area contributed by atoms with Crippen molar-refractivity contribution in [3.8, 4) is 0 Å². The van der Waals surface area contributed by atoms with E-state index in [9.17, 15) is 19.5 Å². The number of carbonyl (C=O) groups is 3. The maximum atomic E-state index is 11.9. The van der Waals surface area contributed by atoms with Crippen LogP contribution in [0.2, 0.25) is 0 Å². The van der Waals surface area contributed by atoms with Gasteiger partial charge < -0.3 is 14.9 Å². The summed E-state index contributed by atoms with van der Waals surface area (Å²) in [6.45, 7) is 4.29. The van der Waals surface area contributed by atoms with E-state index in [1.165, 1.54) is 0 Å². The predicted octanol–water partition coefficient (Wildman–Crippen LogP) is 1.78. The highest BCUT2D eigenvalue weighted by atomic mass is 16.5. The summed E-state index contributed by atoms with van der Waals surface area (Å²) < 4.78 is 5.12. The minimum Gasteiger partial charge on any atom is -0.481 e. The average molecular weight is 286 g/mol. The molecule has 3 unspecified atom stereocenters. The normalized spacial score (nSPS) is 26.2. The largest absolute Gasteiger partial charge is 0.481 e. The van der Waals surface area contributed by atoms with Gasteiger partial charge in [0.25, 0.3) is 0 Å². The van der Waals surface area contributed by atoms with Crippen LogP contribution >= 0.6 is 0 Å². The van der Waals surface area contributed by atoms with Crippen LogP contribution in [0.4, 0.5) is 0 Å². The lowest BCUT2D eigenvalue weighted by atomic mass is 9.74. The van der Waals surface area contributed by atoms with E-state index in [1.807, 2.05) is 13.8 Å². The molecule has 0 aromatic rings. The fourth-order valence-electron chi connectivity index (χ4n) is 2.45. The van der Waals surface area contributed by atoms with Gasteiger partial charge in [0.2, 0.25) is 0 Å². The number of hydrogen-bond acceptors (Lipinski definition) is 4. The lowest BCUT2D eigenvalue weighted by molar-refractivity contribution is -0.163. The maximum Gasteiger partial charge on any atom is 0.309 e. The Morgan fingerprint density at radius 1 is 1.10 bits per heavy atom. The third-order valence-electron chi connectivity index (χ3n) is 3.76. The number of rotatable bonds is 6. The van der Waals surface area contributed by atoms with Gasteiger partial charge in [-0.3, -0.25) is 14.4 Å². The Morgan fingerprint density at radius 2 is 1.75 bits per heavy atom. The second-order valence-electron chi connectivity index (χ2n) is 5.75. The van der Waals surface area contributed by atoms with E-state index >= 15 is 0 Å². The summed E-state index contributed by atoms with van der Waals surface area (Å²) in [5, 5.41) is 18.1. The summed E-state index contributed by atoms with van der Waals surface area (Å²) in [6, 6.07) is 0. The quantitative estimate of drug-likeness (QED) is 0.722. The van der Waals surface area contributed by atoms with Crippen LogP contribution in [0.3, 0.4) is 0 Å². The van der Waals surface area contributed by atoms with Gasteiger partial charge in [0.1, 0.15) is 0 Å². The molecule has 20 heavy (non-hydrogen) atoms. The van der Waals surface area contributed by atoms with Gasteiger partial charge in [0, 0.05) is 0 Å². The molecule has 1 aliphatic rings. The highest BCUT2D eigenvalue weighted by Crippen LogP contribution is 2.35. The van der Waals surface area contributed by atoms with Crippen LogP contribution in [0.25, 0.3) is 0 Å². The molecular weight excluding hydrogens is 264 g/mol. The van der Waals surface area contributed by atoms with Gasteiger partial charge in [0.15, 0.2) is 0 Å². The Hall–Kier alpha value is -1.59. The van der Waals surface area contributed by atoms with Crippen molar-refractivity contribution in [1.82, 2.24) is 0 Å². The molecule has 0 bridgehead atoms. The zero-order valence-electron chi connectivity index (χ0n) is 11.9. The average Bonchev–Trinajstić information content (AvgIpc) is 2.37. The Labute approximate surface area is 118 Å².